The summed E-state index contributed by atoms with van der Waals surface area (Å²) in [6.07, 6.45) is 23.5. The minimum atomic E-state index is -0.728. The van der Waals surface area contributed by atoms with Crippen LogP contribution in [0, 0.1) is 5.92 Å². The van der Waals surface area contributed by atoms with E-state index >= 15 is 0 Å². The maximum atomic E-state index is 13.1. The summed E-state index contributed by atoms with van der Waals surface area (Å²) in [6, 6.07) is 0. The van der Waals surface area contributed by atoms with Gasteiger partial charge in [-0.2, -0.15) is 0 Å². The summed E-state index contributed by atoms with van der Waals surface area (Å²) in [6.45, 7) is 15.2. The Labute approximate surface area is 259 Å². The minimum Gasteiger partial charge on any atom is -0.367 e. The molecule has 0 saturated carbocycles. The summed E-state index contributed by atoms with van der Waals surface area (Å²) in [5, 5.41) is 2.01. The molecule has 0 aromatic carbocycles. The number of rotatable bonds is 22. The number of hydroxylamine groups is 2. The van der Waals surface area contributed by atoms with Crippen molar-refractivity contribution in [3.8, 4) is 0 Å². The van der Waals surface area contributed by atoms with Gasteiger partial charge in [0, 0.05) is 25.2 Å². The Bertz CT molecular complexity index is 789. The van der Waals surface area contributed by atoms with Gasteiger partial charge in [-0.3, -0.25) is 4.79 Å². The summed E-state index contributed by atoms with van der Waals surface area (Å²) in [5.41, 5.74) is -0.833. The highest BCUT2D eigenvalue weighted by Crippen LogP contribution is 2.54. The lowest BCUT2D eigenvalue weighted by Gasteiger charge is -2.60. The Balaban J connectivity index is 1.73. The highest BCUT2D eigenvalue weighted by molar-refractivity contribution is 5.75. The predicted molar refractivity (Wildman–Crippen MR) is 172 cm³/mol. The molecule has 246 valence electrons. The van der Waals surface area contributed by atoms with Gasteiger partial charge in [0.25, 0.3) is 0 Å². The average Bonchev–Trinajstić information content (AvgIpc) is 3.38. The molecule has 0 aliphatic carbocycles. The number of piperidine rings is 1. The molecule has 6 nitrogen and oxygen atoms in total. The van der Waals surface area contributed by atoms with E-state index in [0.29, 0.717) is 32.3 Å². The van der Waals surface area contributed by atoms with Crippen LogP contribution in [0.5, 0.6) is 0 Å². The number of hydrogen-bond donors (Lipinski definition) is 0. The number of hydrogen-bond acceptors (Lipinski definition) is 6. The van der Waals surface area contributed by atoms with Crippen LogP contribution in [0.25, 0.3) is 0 Å². The first-order valence-corrected chi connectivity index (χ1v) is 17.9. The number of nitrogens with zero attached hydrogens (tertiary/aromatic N) is 1. The zero-order chi connectivity index (χ0) is 31.1. The van der Waals surface area contributed by atoms with Crippen molar-refractivity contribution in [3.05, 3.63) is 0 Å². The van der Waals surface area contributed by atoms with Crippen LogP contribution in [-0.2, 0) is 23.9 Å². The lowest BCUT2D eigenvalue weighted by atomic mass is 9.67. The van der Waals surface area contributed by atoms with Crippen LogP contribution in [0.3, 0.4) is 0 Å². The SMILES string of the molecule is CCCCCCCCCCCCCCCCCC(=O)ON1C(C)(CC)CC2(OCC(CCC(C)=O)O2)C(C)C1(C)CC. The second-order valence-corrected chi connectivity index (χ2v) is 14.0. The molecule has 2 saturated heterocycles. The van der Waals surface area contributed by atoms with Crippen LogP contribution >= 0.6 is 0 Å². The van der Waals surface area contributed by atoms with E-state index in [-0.39, 0.29) is 23.8 Å². The molecule has 5 atom stereocenters. The van der Waals surface area contributed by atoms with Gasteiger partial charge in [0.15, 0.2) is 5.79 Å². The van der Waals surface area contributed by atoms with Gasteiger partial charge in [-0.1, -0.05) is 118 Å². The third kappa shape index (κ3) is 10.9. The van der Waals surface area contributed by atoms with Crippen LogP contribution in [0.1, 0.15) is 183 Å². The molecule has 5 unspecified atom stereocenters. The monoisotopic (exact) mass is 594 g/mol. The van der Waals surface area contributed by atoms with Gasteiger partial charge in [0.05, 0.1) is 23.8 Å². The number of carbonyl (C=O) groups excluding carboxylic acids is 2. The fourth-order valence-corrected chi connectivity index (χ4v) is 7.15. The molecule has 1 spiro atoms. The van der Waals surface area contributed by atoms with Crippen LogP contribution in [0.15, 0.2) is 0 Å². The van der Waals surface area contributed by atoms with E-state index in [2.05, 4.69) is 41.5 Å². The largest absolute Gasteiger partial charge is 0.367 e. The Morgan fingerprint density at radius 1 is 0.786 bits per heavy atom. The van der Waals surface area contributed by atoms with Crippen molar-refractivity contribution in [2.75, 3.05) is 6.61 Å². The molecule has 0 bridgehead atoms. The lowest BCUT2D eigenvalue weighted by Crippen LogP contribution is -2.72. The average molecular weight is 594 g/mol. The fraction of sp³-hybridized carbons (Fsp3) is 0.944. The fourth-order valence-electron chi connectivity index (χ4n) is 7.15. The third-order valence-electron chi connectivity index (χ3n) is 10.5. The smallest absolute Gasteiger partial charge is 0.325 e. The van der Waals surface area contributed by atoms with E-state index in [1.807, 2.05) is 5.06 Å². The molecule has 0 aromatic rings. The summed E-state index contributed by atoms with van der Waals surface area (Å²) in [4.78, 5) is 30.9. The molecule has 2 rings (SSSR count). The highest BCUT2D eigenvalue weighted by Gasteiger charge is 2.64. The second-order valence-electron chi connectivity index (χ2n) is 14.0. The molecule has 42 heavy (non-hydrogen) atoms. The van der Waals surface area contributed by atoms with Crippen molar-refractivity contribution in [1.29, 1.82) is 0 Å². The summed E-state index contributed by atoms with van der Waals surface area (Å²) < 4.78 is 13.1. The topological polar surface area (TPSA) is 65.1 Å². The molecule has 2 heterocycles. The molecule has 2 aliphatic rings. The molecule has 0 aromatic heterocycles. The van der Waals surface area contributed by atoms with Gasteiger partial charge >= 0.3 is 5.97 Å². The number of ether oxygens (including phenoxy) is 2. The van der Waals surface area contributed by atoms with Gasteiger partial charge in [0.1, 0.15) is 5.78 Å². The number of unbranched alkanes of at least 4 members (excludes halogenated alkanes) is 14. The van der Waals surface area contributed by atoms with Gasteiger partial charge in [0.2, 0.25) is 0 Å². The van der Waals surface area contributed by atoms with Crippen LogP contribution in [0.4, 0.5) is 0 Å². The summed E-state index contributed by atoms with van der Waals surface area (Å²) in [7, 11) is 0. The summed E-state index contributed by atoms with van der Waals surface area (Å²) in [5.74, 6) is -0.677. The third-order valence-corrected chi connectivity index (χ3v) is 10.5. The zero-order valence-corrected chi connectivity index (χ0v) is 28.7. The quantitative estimate of drug-likeness (QED) is 0.116. The predicted octanol–water partition coefficient (Wildman–Crippen LogP) is 9.87. The summed E-state index contributed by atoms with van der Waals surface area (Å²) >= 11 is 0. The Kier molecular flexibility index (Phi) is 16.6. The Morgan fingerprint density at radius 3 is 1.79 bits per heavy atom. The maximum Gasteiger partial charge on any atom is 0.325 e. The Morgan fingerprint density at radius 2 is 1.31 bits per heavy atom. The number of ketones is 1. The molecule has 2 aliphatic heterocycles. The molecule has 0 amide bonds. The molecule has 0 N–H and O–H groups in total. The van der Waals surface area contributed by atoms with Gasteiger partial charge in [-0.15, -0.1) is 5.06 Å². The van der Waals surface area contributed by atoms with E-state index in [9.17, 15) is 9.59 Å². The maximum absolute atomic E-state index is 13.1. The number of Topliss-reactive ketones (excluding diaryl/α,β-unsaturated/α-hetero) is 1. The normalized spacial score (nSPS) is 29.8. The first-order chi connectivity index (χ1) is 20.1. The van der Waals surface area contributed by atoms with E-state index in [4.69, 9.17) is 14.3 Å². The molecule has 0 radical (unpaired) electrons. The molecule has 2 fully saturated rings. The standard InChI is InChI=1S/C36H67NO5/c1-8-11-12-13-14-15-16-17-18-19-20-21-22-23-24-25-33(39)42-37-34(6,9-2)29-36(31(5)35(37,7)10-3)40-28-32(41-36)27-26-30(4)38/h31-32H,8-29H2,1-7H3. The minimum absolute atomic E-state index is 0.00412. The van der Waals surface area contributed by atoms with Crippen LogP contribution in [-0.4, -0.2) is 46.4 Å². The first-order valence-electron chi connectivity index (χ1n) is 17.9. The first kappa shape index (κ1) is 37.2. The van der Waals surface area contributed by atoms with Crippen molar-refractivity contribution >= 4 is 11.8 Å². The van der Waals surface area contributed by atoms with Crippen LogP contribution in [0.2, 0.25) is 0 Å². The van der Waals surface area contributed by atoms with E-state index < -0.39 is 16.9 Å². The van der Waals surface area contributed by atoms with Crippen LogP contribution < -0.4 is 0 Å². The van der Waals surface area contributed by atoms with E-state index in [0.717, 1.165) is 25.7 Å². The van der Waals surface area contributed by atoms with Crippen molar-refractivity contribution in [3.63, 3.8) is 0 Å². The molecular weight excluding hydrogens is 526 g/mol. The molecular formula is C36H67NO5. The van der Waals surface area contributed by atoms with Gasteiger partial charge in [-0.05, 0) is 46.5 Å². The van der Waals surface area contributed by atoms with Crippen molar-refractivity contribution < 1.29 is 23.9 Å². The zero-order valence-electron chi connectivity index (χ0n) is 28.7. The van der Waals surface area contributed by atoms with Crippen molar-refractivity contribution in [2.45, 2.75) is 206 Å². The Hall–Kier alpha value is -0.980. The molecule has 6 heteroatoms. The van der Waals surface area contributed by atoms with E-state index in [1.165, 1.54) is 83.5 Å². The van der Waals surface area contributed by atoms with E-state index in [1.54, 1.807) is 6.92 Å². The van der Waals surface area contributed by atoms with Gasteiger partial charge in [-0.25, -0.2) is 0 Å². The second kappa shape index (κ2) is 18.7. The van der Waals surface area contributed by atoms with Crippen molar-refractivity contribution in [1.82, 2.24) is 5.06 Å². The van der Waals surface area contributed by atoms with Crippen molar-refractivity contribution in [2.24, 2.45) is 5.92 Å². The van der Waals surface area contributed by atoms with Gasteiger partial charge < -0.3 is 19.1 Å². The number of carbonyl (C=O) groups is 2. The highest BCUT2D eigenvalue weighted by atomic mass is 16.8. The lowest BCUT2D eigenvalue weighted by molar-refractivity contribution is -0.354.